The molecule has 0 amide bonds. The number of morpholine rings is 1. The number of halogens is 1. The minimum Gasteiger partial charge on any atom is -0.497 e. The van der Waals surface area contributed by atoms with Gasteiger partial charge in [0.2, 0.25) is 5.95 Å². The van der Waals surface area contributed by atoms with Crippen molar-refractivity contribution in [3.63, 3.8) is 0 Å². The van der Waals surface area contributed by atoms with Crippen molar-refractivity contribution in [2.24, 2.45) is 0 Å². The molecule has 4 rings (SSSR count). The number of nitrogens with one attached hydrogen (secondary N) is 1. The third kappa shape index (κ3) is 8.46. The molecule has 3 aromatic rings. The van der Waals surface area contributed by atoms with E-state index >= 15 is 0 Å². The smallest absolute Gasteiger partial charge is 0.263 e. The molecule has 2 heterocycles. The summed E-state index contributed by atoms with van der Waals surface area (Å²) in [6.07, 6.45) is -1.12. The number of ether oxygens (including phenoxy) is 4. The number of anilines is 2. The lowest BCUT2D eigenvalue weighted by molar-refractivity contribution is -0.00121. The first-order valence-corrected chi connectivity index (χ1v) is 15.5. The average molecular weight is 637 g/mol. The van der Waals surface area contributed by atoms with Gasteiger partial charge in [-0.3, -0.25) is 4.72 Å². The van der Waals surface area contributed by atoms with E-state index in [2.05, 4.69) is 14.7 Å². The fraction of sp³-hybridized carbons (Fsp3) is 0.448. The van der Waals surface area contributed by atoms with Crippen molar-refractivity contribution in [3.8, 4) is 17.2 Å². The molecule has 14 heteroatoms. The van der Waals surface area contributed by atoms with Crippen LogP contribution in [0.25, 0.3) is 0 Å². The van der Waals surface area contributed by atoms with E-state index in [1.54, 1.807) is 30.3 Å². The van der Waals surface area contributed by atoms with Crippen molar-refractivity contribution >= 4 is 33.4 Å². The Hall–Kier alpha value is -3.20. The van der Waals surface area contributed by atoms with Crippen molar-refractivity contribution in [1.82, 2.24) is 9.97 Å². The van der Waals surface area contributed by atoms with Gasteiger partial charge in [-0.05, 0) is 35.2 Å². The summed E-state index contributed by atoms with van der Waals surface area (Å²) in [5, 5.41) is 19.2. The van der Waals surface area contributed by atoms with Crippen LogP contribution in [0.3, 0.4) is 0 Å². The van der Waals surface area contributed by atoms with Crippen LogP contribution in [0, 0.1) is 0 Å². The van der Waals surface area contributed by atoms with E-state index in [-0.39, 0.29) is 57.5 Å². The van der Waals surface area contributed by atoms with Crippen LogP contribution in [0.1, 0.15) is 32.0 Å². The summed E-state index contributed by atoms with van der Waals surface area (Å²) in [5.74, 6) is 0.745. The number of aliphatic hydroxyl groups is 2. The van der Waals surface area contributed by atoms with Gasteiger partial charge in [-0.1, -0.05) is 44.5 Å². The molecule has 1 aromatic heterocycles. The molecule has 1 fully saturated rings. The summed E-state index contributed by atoms with van der Waals surface area (Å²) in [6.45, 7) is 7.08. The Labute approximate surface area is 256 Å². The first-order chi connectivity index (χ1) is 20.4. The van der Waals surface area contributed by atoms with E-state index in [9.17, 15) is 18.6 Å². The van der Waals surface area contributed by atoms with Crippen LogP contribution in [0.4, 0.5) is 11.8 Å². The molecule has 0 radical (unpaired) electrons. The van der Waals surface area contributed by atoms with Gasteiger partial charge in [0.1, 0.15) is 23.3 Å². The SMILES string of the molecule is COc1ccc(Oc2c(COC[C@H](O)CO)nc(N3CCOCC3)nc2NS(=O)(=O)c2ccc(C(C)(C)C)cc2)c(Cl)c1. The third-order valence-electron chi connectivity index (χ3n) is 6.59. The predicted octanol–water partition coefficient (Wildman–Crippen LogP) is 3.74. The molecule has 0 aliphatic carbocycles. The van der Waals surface area contributed by atoms with Gasteiger partial charge in [-0.15, -0.1) is 0 Å². The molecule has 0 spiro atoms. The zero-order chi connectivity index (χ0) is 31.2. The maximum atomic E-state index is 13.7. The maximum Gasteiger partial charge on any atom is 0.263 e. The number of aliphatic hydroxyl groups excluding tert-OH is 2. The molecule has 0 bridgehead atoms. The zero-order valence-electron chi connectivity index (χ0n) is 24.5. The molecule has 234 valence electrons. The number of hydrogen-bond acceptors (Lipinski definition) is 11. The number of sulfonamides is 1. The Morgan fingerprint density at radius 1 is 1.12 bits per heavy atom. The topological polar surface area (TPSA) is 153 Å². The molecule has 2 aromatic carbocycles. The quantitative estimate of drug-likeness (QED) is 0.267. The Morgan fingerprint density at radius 3 is 2.42 bits per heavy atom. The minimum atomic E-state index is -4.14. The minimum absolute atomic E-state index is 0.0318. The second-order valence-electron chi connectivity index (χ2n) is 10.9. The highest BCUT2D eigenvalue weighted by atomic mass is 35.5. The number of rotatable bonds is 12. The lowest BCUT2D eigenvalue weighted by atomic mass is 9.87. The summed E-state index contributed by atoms with van der Waals surface area (Å²) in [5.41, 5.74) is 1.01. The van der Waals surface area contributed by atoms with E-state index in [1.165, 1.54) is 19.2 Å². The van der Waals surface area contributed by atoms with Gasteiger partial charge >= 0.3 is 0 Å². The number of hydrogen-bond donors (Lipinski definition) is 3. The molecule has 0 unspecified atom stereocenters. The number of nitrogens with zero attached hydrogens (tertiary/aromatic N) is 3. The van der Waals surface area contributed by atoms with Gasteiger partial charge in [-0.25, -0.2) is 13.4 Å². The lowest BCUT2D eigenvalue weighted by Crippen LogP contribution is -2.37. The van der Waals surface area contributed by atoms with E-state index < -0.39 is 22.7 Å². The molecular formula is C29H37ClN4O8S. The fourth-order valence-corrected chi connectivity index (χ4v) is 5.34. The normalized spacial score (nSPS) is 14.8. The van der Waals surface area contributed by atoms with Crippen LogP contribution in [-0.2, 0) is 31.5 Å². The first kappa shape index (κ1) is 32.7. The summed E-state index contributed by atoms with van der Waals surface area (Å²) in [4.78, 5) is 11.1. The second-order valence-corrected chi connectivity index (χ2v) is 13.0. The van der Waals surface area contributed by atoms with Crippen molar-refractivity contribution < 1.29 is 37.6 Å². The Bertz CT molecular complexity index is 1490. The average Bonchev–Trinajstić information content (AvgIpc) is 2.99. The van der Waals surface area contributed by atoms with Gasteiger partial charge < -0.3 is 34.1 Å². The molecular weight excluding hydrogens is 600 g/mol. The molecule has 0 saturated carbocycles. The molecule has 1 aliphatic heterocycles. The highest BCUT2D eigenvalue weighted by Gasteiger charge is 2.27. The largest absolute Gasteiger partial charge is 0.497 e. The highest BCUT2D eigenvalue weighted by molar-refractivity contribution is 7.92. The van der Waals surface area contributed by atoms with Crippen LogP contribution in [-0.4, -0.2) is 81.3 Å². The molecule has 3 N–H and O–H groups in total. The van der Waals surface area contributed by atoms with Crippen LogP contribution in [0.5, 0.6) is 17.2 Å². The van der Waals surface area contributed by atoms with Gasteiger partial charge in [0.25, 0.3) is 10.0 Å². The zero-order valence-corrected chi connectivity index (χ0v) is 26.1. The molecule has 1 aliphatic rings. The predicted molar refractivity (Wildman–Crippen MR) is 162 cm³/mol. The highest BCUT2D eigenvalue weighted by Crippen LogP contribution is 2.39. The second kappa shape index (κ2) is 14.1. The number of aromatic nitrogens is 2. The summed E-state index contributed by atoms with van der Waals surface area (Å²) < 4.78 is 52.4. The Kier molecular flexibility index (Phi) is 10.7. The first-order valence-electron chi connectivity index (χ1n) is 13.7. The van der Waals surface area contributed by atoms with Gasteiger partial charge in [-0.2, -0.15) is 4.98 Å². The van der Waals surface area contributed by atoms with Crippen molar-refractivity contribution in [3.05, 3.63) is 58.7 Å². The third-order valence-corrected chi connectivity index (χ3v) is 8.24. The number of benzene rings is 2. The van der Waals surface area contributed by atoms with E-state index in [1.807, 2.05) is 25.7 Å². The standard InChI is InChI=1S/C29H37ClN4O8S/c1-29(2,3)19-5-8-22(9-6-19)43(37,38)33-27-26(42-25-10-7-21(39-4)15-23(25)30)24(18-41-17-20(36)16-35)31-28(32-27)34-11-13-40-14-12-34/h5-10,15,20,35-36H,11-14,16-18H2,1-4H3,(H,31,32,33)/t20-/m1/s1. The lowest BCUT2D eigenvalue weighted by Gasteiger charge is -2.28. The molecule has 1 atom stereocenters. The van der Waals surface area contributed by atoms with Gasteiger partial charge in [0, 0.05) is 19.2 Å². The van der Waals surface area contributed by atoms with Crippen molar-refractivity contribution in [2.45, 2.75) is 43.8 Å². The van der Waals surface area contributed by atoms with Crippen LogP contribution < -0.4 is 19.1 Å². The fourth-order valence-electron chi connectivity index (χ4n) is 4.13. The van der Waals surface area contributed by atoms with Crippen LogP contribution >= 0.6 is 11.6 Å². The Balaban J connectivity index is 1.80. The monoisotopic (exact) mass is 636 g/mol. The van der Waals surface area contributed by atoms with Gasteiger partial charge in [0.15, 0.2) is 11.6 Å². The number of methoxy groups -OCH3 is 1. The van der Waals surface area contributed by atoms with Crippen LogP contribution in [0.2, 0.25) is 5.02 Å². The summed E-state index contributed by atoms with van der Waals surface area (Å²) in [6, 6.07) is 11.4. The van der Waals surface area contributed by atoms with Crippen LogP contribution in [0.15, 0.2) is 47.4 Å². The van der Waals surface area contributed by atoms with Crippen molar-refractivity contribution in [2.75, 3.05) is 56.2 Å². The Morgan fingerprint density at radius 2 is 1.81 bits per heavy atom. The van der Waals surface area contributed by atoms with E-state index in [0.29, 0.717) is 32.1 Å². The van der Waals surface area contributed by atoms with E-state index in [0.717, 1.165) is 5.56 Å². The van der Waals surface area contributed by atoms with E-state index in [4.69, 9.17) is 30.5 Å². The maximum absolute atomic E-state index is 13.7. The summed E-state index contributed by atoms with van der Waals surface area (Å²) >= 11 is 6.46. The van der Waals surface area contributed by atoms with Crippen molar-refractivity contribution in [1.29, 1.82) is 0 Å². The van der Waals surface area contributed by atoms with Gasteiger partial charge in [0.05, 0.1) is 50.1 Å². The molecule has 43 heavy (non-hydrogen) atoms. The molecule has 1 saturated heterocycles. The summed E-state index contributed by atoms with van der Waals surface area (Å²) in [7, 11) is -2.64. The molecule has 12 nitrogen and oxygen atoms in total.